The highest BCUT2D eigenvalue weighted by atomic mass is 16.5. The summed E-state index contributed by atoms with van der Waals surface area (Å²) in [6.07, 6.45) is 8.40. The van der Waals surface area contributed by atoms with Gasteiger partial charge in [-0.2, -0.15) is 0 Å². The molecule has 0 aliphatic heterocycles. The Balaban J connectivity index is 1.20. The highest BCUT2D eigenvalue weighted by Gasteiger charge is 2.51. The van der Waals surface area contributed by atoms with Crippen LogP contribution in [0.2, 0.25) is 0 Å². The normalized spacial score (nSPS) is 28.3. The van der Waals surface area contributed by atoms with Crippen LogP contribution in [0, 0.1) is 17.8 Å². The fraction of sp³-hybridized carbons (Fsp3) is 0.500. The van der Waals surface area contributed by atoms with E-state index in [0.29, 0.717) is 22.7 Å². The molecule has 5 heteroatoms. The van der Waals surface area contributed by atoms with Gasteiger partial charge in [-0.1, -0.05) is 12.1 Å². The fourth-order valence-corrected chi connectivity index (χ4v) is 6.58. The quantitative estimate of drug-likeness (QED) is 0.669. The minimum atomic E-state index is -0.190. The first kappa shape index (κ1) is 20.2. The fourth-order valence-electron chi connectivity index (χ4n) is 6.58. The smallest absolute Gasteiger partial charge is 0.262 e. The molecule has 4 saturated carbocycles. The molecule has 1 N–H and O–H groups in total. The second-order valence-electron chi connectivity index (χ2n) is 9.66. The third-order valence-electron chi connectivity index (χ3n) is 7.51. The first-order valence-corrected chi connectivity index (χ1v) is 11.3. The Morgan fingerprint density at radius 1 is 0.871 bits per heavy atom. The third kappa shape index (κ3) is 4.10. The molecule has 6 rings (SSSR count). The largest absolute Gasteiger partial charge is 0.496 e. The zero-order valence-corrected chi connectivity index (χ0v) is 18.4. The van der Waals surface area contributed by atoms with E-state index in [1.807, 2.05) is 12.1 Å². The standard InChI is InChI=1S/C26H31NO4/c1-29-22-10-23(30-2)12-24(11-22)31-16-25(28)27-21-5-3-20(4-6-21)26-13-17-7-18(14-26)9-19(8-17)15-26/h3-6,10-12,17-19H,7-9,13-16H2,1-2H3,(H,27,28). The lowest BCUT2D eigenvalue weighted by atomic mass is 9.48. The Labute approximate surface area is 184 Å². The maximum atomic E-state index is 12.4. The third-order valence-corrected chi connectivity index (χ3v) is 7.51. The topological polar surface area (TPSA) is 56.8 Å². The summed E-state index contributed by atoms with van der Waals surface area (Å²) in [6.45, 7) is -0.0763. The van der Waals surface area contributed by atoms with Gasteiger partial charge in [-0.3, -0.25) is 4.79 Å². The van der Waals surface area contributed by atoms with E-state index in [4.69, 9.17) is 14.2 Å². The Morgan fingerprint density at radius 3 is 1.90 bits per heavy atom. The molecule has 4 fully saturated rings. The van der Waals surface area contributed by atoms with Crippen molar-refractivity contribution in [2.75, 3.05) is 26.1 Å². The van der Waals surface area contributed by atoms with Gasteiger partial charge in [0.1, 0.15) is 17.2 Å². The number of hydrogen-bond acceptors (Lipinski definition) is 4. The number of carbonyl (C=O) groups excluding carboxylic acids is 1. The van der Waals surface area contributed by atoms with Crippen LogP contribution in [0.25, 0.3) is 0 Å². The van der Waals surface area contributed by atoms with Crippen molar-refractivity contribution in [3.63, 3.8) is 0 Å². The molecule has 0 unspecified atom stereocenters. The van der Waals surface area contributed by atoms with Crippen molar-refractivity contribution in [2.45, 2.75) is 43.9 Å². The van der Waals surface area contributed by atoms with Crippen molar-refractivity contribution in [2.24, 2.45) is 17.8 Å². The molecular formula is C26H31NO4. The van der Waals surface area contributed by atoms with Crippen LogP contribution < -0.4 is 19.5 Å². The van der Waals surface area contributed by atoms with E-state index >= 15 is 0 Å². The van der Waals surface area contributed by atoms with Gasteiger partial charge in [0.25, 0.3) is 5.91 Å². The Morgan fingerprint density at radius 2 is 1.39 bits per heavy atom. The number of ether oxygens (including phenoxy) is 3. The summed E-state index contributed by atoms with van der Waals surface area (Å²) in [6, 6.07) is 13.8. The SMILES string of the molecule is COc1cc(OC)cc(OCC(=O)Nc2ccc(C34CC5CC(CC(C5)C3)C4)cc2)c1. The van der Waals surface area contributed by atoms with Crippen LogP contribution in [0.5, 0.6) is 17.2 Å². The molecule has 0 saturated heterocycles. The number of anilines is 1. The first-order valence-electron chi connectivity index (χ1n) is 11.3. The molecule has 164 valence electrons. The maximum absolute atomic E-state index is 12.4. The van der Waals surface area contributed by atoms with Gasteiger partial charge >= 0.3 is 0 Å². The van der Waals surface area contributed by atoms with Crippen molar-refractivity contribution in [3.05, 3.63) is 48.0 Å². The molecule has 5 nitrogen and oxygen atoms in total. The lowest BCUT2D eigenvalue weighted by Gasteiger charge is -2.57. The molecule has 0 radical (unpaired) electrons. The first-order chi connectivity index (χ1) is 15.0. The average molecular weight is 422 g/mol. The maximum Gasteiger partial charge on any atom is 0.262 e. The number of carbonyl (C=O) groups is 1. The highest BCUT2D eigenvalue weighted by Crippen LogP contribution is 2.60. The predicted molar refractivity (Wildman–Crippen MR) is 120 cm³/mol. The molecule has 0 heterocycles. The molecule has 2 aromatic carbocycles. The molecule has 4 bridgehead atoms. The summed E-state index contributed by atoms with van der Waals surface area (Å²) in [5.74, 6) is 4.37. The molecular weight excluding hydrogens is 390 g/mol. The molecule has 4 aliphatic rings. The minimum Gasteiger partial charge on any atom is -0.496 e. The zero-order valence-electron chi connectivity index (χ0n) is 18.4. The van der Waals surface area contributed by atoms with Gasteiger partial charge in [-0.05, 0) is 79.4 Å². The van der Waals surface area contributed by atoms with Crippen LogP contribution in [-0.4, -0.2) is 26.7 Å². The van der Waals surface area contributed by atoms with Gasteiger partial charge in [-0.15, -0.1) is 0 Å². The van der Waals surface area contributed by atoms with Gasteiger partial charge in [0.2, 0.25) is 0 Å². The summed E-state index contributed by atoms with van der Waals surface area (Å²) < 4.78 is 16.1. The van der Waals surface area contributed by atoms with E-state index in [1.165, 1.54) is 44.1 Å². The van der Waals surface area contributed by atoms with E-state index in [9.17, 15) is 4.79 Å². The number of amides is 1. The van der Waals surface area contributed by atoms with E-state index in [1.54, 1.807) is 32.4 Å². The molecule has 2 aromatic rings. The van der Waals surface area contributed by atoms with Gasteiger partial charge in [0.05, 0.1) is 14.2 Å². The lowest BCUT2D eigenvalue weighted by molar-refractivity contribution is -0.118. The molecule has 1 amide bonds. The van der Waals surface area contributed by atoms with Crippen LogP contribution in [0.4, 0.5) is 5.69 Å². The molecule has 0 spiro atoms. The zero-order chi connectivity index (χ0) is 21.4. The molecule has 0 atom stereocenters. The van der Waals surface area contributed by atoms with E-state index < -0.39 is 0 Å². The van der Waals surface area contributed by atoms with E-state index in [0.717, 1.165) is 23.4 Å². The van der Waals surface area contributed by atoms with Crippen molar-refractivity contribution in [1.29, 1.82) is 0 Å². The number of nitrogens with one attached hydrogen (secondary N) is 1. The van der Waals surface area contributed by atoms with Gasteiger partial charge in [0.15, 0.2) is 6.61 Å². The second kappa shape index (κ2) is 8.10. The molecule has 31 heavy (non-hydrogen) atoms. The summed E-state index contributed by atoms with van der Waals surface area (Å²) >= 11 is 0. The second-order valence-corrected chi connectivity index (χ2v) is 9.66. The number of hydrogen-bond donors (Lipinski definition) is 1. The summed E-state index contributed by atoms with van der Waals surface area (Å²) in [4.78, 5) is 12.4. The van der Waals surface area contributed by atoms with Gasteiger partial charge in [-0.25, -0.2) is 0 Å². The Hall–Kier alpha value is -2.69. The minimum absolute atomic E-state index is 0.0763. The van der Waals surface area contributed by atoms with Crippen molar-refractivity contribution < 1.29 is 19.0 Å². The van der Waals surface area contributed by atoms with Crippen LogP contribution >= 0.6 is 0 Å². The Bertz CT molecular complexity index is 895. The average Bonchev–Trinajstić information content (AvgIpc) is 2.77. The Kier molecular flexibility index (Phi) is 5.28. The predicted octanol–water partition coefficient (Wildman–Crippen LogP) is 5.19. The van der Waals surface area contributed by atoms with Crippen molar-refractivity contribution >= 4 is 11.6 Å². The summed E-state index contributed by atoms with van der Waals surface area (Å²) in [5.41, 5.74) is 2.65. The van der Waals surface area contributed by atoms with Crippen LogP contribution in [-0.2, 0) is 10.2 Å². The van der Waals surface area contributed by atoms with Crippen LogP contribution in [0.1, 0.15) is 44.1 Å². The number of methoxy groups -OCH3 is 2. The van der Waals surface area contributed by atoms with E-state index in [-0.39, 0.29) is 12.5 Å². The van der Waals surface area contributed by atoms with Gasteiger partial charge < -0.3 is 19.5 Å². The van der Waals surface area contributed by atoms with Crippen LogP contribution in [0.3, 0.4) is 0 Å². The number of rotatable bonds is 7. The summed E-state index contributed by atoms with van der Waals surface area (Å²) in [5, 5.41) is 2.94. The number of benzene rings is 2. The summed E-state index contributed by atoms with van der Waals surface area (Å²) in [7, 11) is 3.16. The highest BCUT2D eigenvalue weighted by molar-refractivity contribution is 5.91. The van der Waals surface area contributed by atoms with Crippen molar-refractivity contribution in [3.8, 4) is 17.2 Å². The monoisotopic (exact) mass is 421 g/mol. The van der Waals surface area contributed by atoms with Crippen molar-refractivity contribution in [1.82, 2.24) is 0 Å². The van der Waals surface area contributed by atoms with Gasteiger partial charge in [0, 0.05) is 23.9 Å². The lowest BCUT2D eigenvalue weighted by Crippen LogP contribution is -2.48. The molecule has 4 aliphatic carbocycles. The van der Waals surface area contributed by atoms with Crippen LogP contribution in [0.15, 0.2) is 42.5 Å². The molecule has 0 aromatic heterocycles. The van der Waals surface area contributed by atoms with E-state index in [2.05, 4.69) is 17.4 Å².